The van der Waals surface area contributed by atoms with Crippen LogP contribution in [0.15, 0.2) is 35.7 Å². The first-order valence-electron chi connectivity index (χ1n) is 9.81. The highest BCUT2D eigenvalue weighted by molar-refractivity contribution is 7.13. The average molecular weight is 425 g/mol. The number of anilines is 4. The molecule has 2 aromatic heterocycles. The summed E-state index contributed by atoms with van der Waals surface area (Å²) in [5.41, 5.74) is 4.39. The molecule has 0 radical (unpaired) electrons. The molecule has 1 saturated heterocycles. The van der Waals surface area contributed by atoms with Crippen molar-refractivity contribution < 1.29 is 9.53 Å². The zero-order valence-corrected chi connectivity index (χ0v) is 17.8. The summed E-state index contributed by atoms with van der Waals surface area (Å²) < 4.78 is 5.38. The minimum atomic E-state index is -0.103. The molecular formula is C21H24N6O2S. The fourth-order valence-electron chi connectivity index (χ4n) is 3.27. The van der Waals surface area contributed by atoms with Crippen LogP contribution in [0.4, 0.5) is 22.5 Å². The molecule has 1 aromatic carbocycles. The van der Waals surface area contributed by atoms with Crippen LogP contribution >= 0.6 is 11.3 Å². The molecule has 156 valence electrons. The third kappa shape index (κ3) is 5.31. The number of amides is 1. The maximum atomic E-state index is 12.4. The second-order valence-electron chi connectivity index (χ2n) is 7.11. The van der Waals surface area contributed by atoms with Gasteiger partial charge in [-0.25, -0.2) is 15.0 Å². The van der Waals surface area contributed by atoms with Gasteiger partial charge in [-0.05, 0) is 44.2 Å². The molecule has 4 rings (SSSR count). The Hall–Kier alpha value is -3.04. The molecule has 1 aliphatic heterocycles. The summed E-state index contributed by atoms with van der Waals surface area (Å²) >= 11 is 1.42. The van der Waals surface area contributed by atoms with Gasteiger partial charge in [0, 0.05) is 41.2 Å². The van der Waals surface area contributed by atoms with E-state index in [1.54, 1.807) is 0 Å². The van der Waals surface area contributed by atoms with Crippen molar-refractivity contribution in [3.05, 3.63) is 52.8 Å². The van der Waals surface area contributed by atoms with E-state index in [9.17, 15) is 4.79 Å². The number of aryl methyl sites for hydroxylation is 2. The topological polar surface area (TPSA) is 92.3 Å². The minimum absolute atomic E-state index is 0.103. The number of hydrogen-bond donors (Lipinski definition) is 2. The molecule has 30 heavy (non-hydrogen) atoms. The van der Waals surface area contributed by atoms with Crippen molar-refractivity contribution in [1.82, 2.24) is 15.0 Å². The Morgan fingerprint density at radius 2 is 1.80 bits per heavy atom. The van der Waals surface area contributed by atoms with E-state index in [4.69, 9.17) is 4.74 Å². The van der Waals surface area contributed by atoms with Gasteiger partial charge < -0.3 is 20.3 Å². The van der Waals surface area contributed by atoms with Crippen LogP contribution in [0.1, 0.15) is 17.1 Å². The van der Waals surface area contributed by atoms with Crippen LogP contribution in [0.3, 0.4) is 0 Å². The van der Waals surface area contributed by atoms with Gasteiger partial charge in [0.25, 0.3) is 0 Å². The lowest BCUT2D eigenvalue weighted by atomic mass is 10.2. The first-order valence-corrected chi connectivity index (χ1v) is 10.7. The molecule has 3 aromatic rings. The highest BCUT2D eigenvalue weighted by atomic mass is 32.1. The number of nitrogens with one attached hydrogen (secondary N) is 2. The van der Waals surface area contributed by atoms with Gasteiger partial charge >= 0.3 is 0 Å². The molecule has 8 nitrogen and oxygen atoms in total. The largest absolute Gasteiger partial charge is 0.378 e. The van der Waals surface area contributed by atoms with Crippen LogP contribution in [-0.2, 0) is 16.0 Å². The smallest absolute Gasteiger partial charge is 0.230 e. The number of morpholine rings is 1. The summed E-state index contributed by atoms with van der Waals surface area (Å²) in [4.78, 5) is 27.9. The van der Waals surface area contributed by atoms with Crippen LogP contribution in [-0.4, -0.2) is 47.2 Å². The average Bonchev–Trinajstić information content (AvgIpc) is 3.15. The van der Waals surface area contributed by atoms with Gasteiger partial charge in [0.1, 0.15) is 0 Å². The van der Waals surface area contributed by atoms with Crippen molar-refractivity contribution in [2.75, 3.05) is 41.8 Å². The summed E-state index contributed by atoms with van der Waals surface area (Å²) in [6, 6.07) is 9.81. The molecule has 0 spiro atoms. The lowest BCUT2D eigenvalue weighted by Gasteiger charge is -2.28. The third-order valence-corrected chi connectivity index (χ3v) is 5.43. The van der Waals surface area contributed by atoms with E-state index < -0.39 is 0 Å². The monoisotopic (exact) mass is 424 g/mol. The van der Waals surface area contributed by atoms with E-state index in [-0.39, 0.29) is 12.3 Å². The molecular weight excluding hydrogens is 400 g/mol. The zero-order chi connectivity index (χ0) is 20.9. The van der Waals surface area contributed by atoms with E-state index in [1.807, 2.05) is 49.6 Å². The molecule has 1 fully saturated rings. The van der Waals surface area contributed by atoms with E-state index in [0.717, 1.165) is 49.1 Å². The number of carbonyl (C=O) groups excluding carboxylic acids is 1. The van der Waals surface area contributed by atoms with E-state index in [1.165, 1.54) is 11.3 Å². The molecule has 1 amide bonds. The number of benzene rings is 1. The minimum Gasteiger partial charge on any atom is -0.378 e. The fraction of sp³-hybridized carbons (Fsp3) is 0.333. The highest BCUT2D eigenvalue weighted by Crippen LogP contribution is 2.21. The Balaban J connectivity index is 1.32. The second-order valence-corrected chi connectivity index (χ2v) is 7.97. The SMILES string of the molecule is Cc1cc(C)nc(Nc2nc(CC(=O)Nc3ccc(N4CCOCC4)cc3)cs2)n1. The van der Waals surface area contributed by atoms with Crippen molar-refractivity contribution >= 4 is 39.7 Å². The Morgan fingerprint density at radius 1 is 1.10 bits per heavy atom. The molecule has 0 bridgehead atoms. The van der Waals surface area contributed by atoms with E-state index in [0.29, 0.717) is 16.8 Å². The number of hydrogen-bond acceptors (Lipinski definition) is 8. The summed E-state index contributed by atoms with van der Waals surface area (Å²) in [6.07, 6.45) is 0.205. The normalized spacial score (nSPS) is 13.9. The van der Waals surface area contributed by atoms with Crippen molar-refractivity contribution in [2.24, 2.45) is 0 Å². The van der Waals surface area contributed by atoms with Gasteiger partial charge in [-0.2, -0.15) is 0 Å². The van der Waals surface area contributed by atoms with Crippen molar-refractivity contribution in [2.45, 2.75) is 20.3 Å². The van der Waals surface area contributed by atoms with Crippen molar-refractivity contribution in [3.63, 3.8) is 0 Å². The second kappa shape index (κ2) is 9.19. The van der Waals surface area contributed by atoms with Crippen LogP contribution in [0.25, 0.3) is 0 Å². The summed E-state index contributed by atoms with van der Waals surface area (Å²) in [7, 11) is 0. The number of rotatable bonds is 6. The lowest BCUT2D eigenvalue weighted by molar-refractivity contribution is -0.115. The summed E-state index contributed by atoms with van der Waals surface area (Å²) in [5, 5.41) is 8.57. The Labute approximate surface area is 179 Å². The quantitative estimate of drug-likeness (QED) is 0.627. The van der Waals surface area contributed by atoms with Gasteiger partial charge in [-0.15, -0.1) is 11.3 Å². The van der Waals surface area contributed by atoms with Crippen LogP contribution in [0.5, 0.6) is 0 Å². The zero-order valence-electron chi connectivity index (χ0n) is 17.0. The predicted molar refractivity (Wildman–Crippen MR) is 119 cm³/mol. The molecule has 1 aliphatic rings. The highest BCUT2D eigenvalue weighted by Gasteiger charge is 2.12. The Bertz CT molecular complexity index is 994. The van der Waals surface area contributed by atoms with E-state index in [2.05, 4.69) is 30.5 Å². The van der Waals surface area contributed by atoms with Gasteiger partial charge in [0.05, 0.1) is 25.3 Å². The van der Waals surface area contributed by atoms with Crippen LogP contribution < -0.4 is 15.5 Å². The Morgan fingerprint density at radius 3 is 2.50 bits per heavy atom. The maximum absolute atomic E-state index is 12.4. The fourth-order valence-corrected chi connectivity index (χ4v) is 3.97. The predicted octanol–water partition coefficient (Wildman–Crippen LogP) is 3.31. The molecule has 0 saturated carbocycles. The number of nitrogens with zero attached hydrogens (tertiary/aromatic N) is 4. The number of aromatic nitrogens is 3. The molecule has 2 N–H and O–H groups in total. The first kappa shape index (κ1) is 20.2. The molecule has 0 atom stereocenters. The molecule has 0 aliphatic carbocycles. The molecule has 9 heteroatoms. The van der Waals surface area contributed by atoms with Gasteiger partial charge in [0.2, 0.25) is 11.9 Å². The standard InChI is InChI=1S/C21H24N6O2S/c1-14-11-15(2)23-20(22-14)26-21-25-17(13-30-21)12-19(28)24-16-3-5-18(6-4-16)27-7-9-29-10-8-27/h3-6,11,13H,7-10,12H2,1-2H3,(H,24,28)(H,22,23,25,26). The molecule has 0 unspecified atom stereocenters. The van der Waals surface area contributed by atoms with Gasteiger partial charge in [0.15, 0.2) is 5.13 Å². The van der Waals surface area contributed by atoms with Crippen LogP contribution in [0, 0.1) is 13.8 Å². The third-order valence-electron chi connectivity index (χ3n) is 4.62. The maximum Gasteiger partial charge on any atom is 0.230 e. The number of carbonyl (C=O) groups is 1. The molecule has 3 heterocycles. The Kier molecular flexibility index (Phi) is 6.20. The summed E-state index contributed by atoms with van der Waals surface area (Å²) in [5.74, 6) is 0.409. The summed E-state index contributed by atoms with van der Waals surface area (Å²) in [6.45, 7) is 7.12. The van der Waals surface area contributed by atoms with Crippen molar-refractivity contribution in [3.8, 4) is 0 Å². The first-order chi connectivity index (χ1) is 14.5. The van der Waals surface area contributed by atoms with E-state index >= 15 is 0 Å². The van der Waals surface area contributed by atoms with Gasteiger partial charge in [-0.1, -0.05) is 0 Å². The van der Waals surface area contributed by atoms with Crippen molar-refractivity contribution in [1.29, 1.82) is 0 Å². The number of ether oxygens (including phenoxy) is 1. The van der Waals surface area contributed by atoms with Gasteiger partial charge in [-0.3, -0.25) is 4.79 Å². The lowest BCUT2D eigenvalue weighted by Crippen LogP contribution is -2.36. The van der Waals surface area contributed by atoms with Crippen LogP contribution in [0.2, 0.25) is 0 Å². The number of thiazole rings is 1.